The number of hydrogen-bond donors (Lipinski definition) is 2. The normalized spacial score (nSPS) is 14.2. The van der Waals surface area contributed by atoms with Crippen LogP contribution < -0.4 is 15.1 Å². The number of hydrazone groups is 1. The molecule has 1 saturated heterocycles. The number of aromatic hydroxyl groups is 1. The Morgan fingerprint density at radius 3 is 2.49 bits per heavy atom. The van der Waals surface area contributed by atoms with Gasteiger partial charge in [0.1, 0.15) is 18.1 Å². The lowest BCUT2D eigenvalue weighted by Crippen LogP contribution is -2.47. The van der Waals surface area contributed by atoms with Gasteiger partial charge in [0.25, 0.3) is 5.91 Å². The Morgan fingerprint density at radius 1 is 1.00 bits per heavy atom. The first-order valence-corrected chi connectivity index (χ1v) is 12.9. The molecule has 1 fully saturated rings. The first-order chi connectivity index (χ1) is 17.8. The van der Waals surface area contributed by atoms with Crippen LogP contribution in [0.5, 0.6) is 11.5 Å². The van der Waals surface area contributed by atoms with E-state index in [1.54, 1.807) is 6.21 Å². The van der Waals surface area contributed by atoms with Gasteiger partial charge in [-0.25, -0.2) is 5.43 Å². The van der Waals surface area contributed by atoms with Crippen LogP contribution in [-0.2, 0) is 0 Å². The average Bonchev–Trinajstić information content (AvgIpc) is 2.89. The fourth-order valence-electron chi connectivity index (χ4n) is 3.96. The molecule has 1 aliphatic rings. The number of phenolic OH excluding ortho intramolecular Hbond substituents is 1. The predicted molar refractivity (Wildman–Crippen MR) is 150 cm³/mol. The fraction of sp³-hybridized carbons (Fsp3) is 0.259. The smallest absolute Gasteiger partial charge is 0.271 e. The third-order valence-electron chi connectivity index (χ3n) is 6.14. The van der Waals surface area contributed by atoms with Gasteiger partial charge in [0.15, 0.2) is 0 Å². The minimum absolute atomic E-state index is 0.0814. The van der Waals surface area contributed by atoms with Gasteiger partial charge >= 0.3 is 0 Å². The van der Waals surface area contributed by atoms with Gasteiger partial charge in [0.05, 0.1) is 21.3 Å². The standard InChI is InChI=1S/C27H27Cl3N4O3/c1-18-14-22(5-2-20(18)17-31-32-27(36)19-3-7-26(35)25(30)15-19)37-13-12-33-8-10-34(11-9-33)21-4-6-23(28)24(29)16-21/h2-7,14-17,35H,8-13H2,1H3,(H,32,36)/b31-17-. The Hall–Kier alpha value is -2.97. The van der Waals surface area contributed by atoms with E-state index in [-0.39, 0.29) is 10.8 Å². The van der Waals surface area contributed by atoms with E-state index in [0.29, 0.717) is 22.2 Å². The van der Waals surface area contributed by atoms with E-state index in [1.807, 2.05) is 43.3 Å². The van der Waals surface area contributed by atoms with Crippen molar-refractivity contribution in [1.82, 2.24) is 10.3 Å². The Morgan fingerprint density at radius 2 is 1.78 bits per heavy atom. The van der Waals surface area contributed by atoms with Crippen molar-refractivity contribution < 1.29 is 14.6 Å². The number of ether oxygens (including phenoxy) is 1. The van der Waals surface area contributed by atoms with Gasteiger partial charge in [-0.05, 0) is 72.6 Å². The highest BCUT2D eigenvalue weighted by Crippen LogP contribution is 2.28. The molecule has 1 amide bonds. The lowest BCUT2D eigenvalue weighted by atomic mass is 10.1. The SMILES string of the molecule is Cc1cc(OCCN2CCN(c3ccc(Cl)c(Cl)c3)CC2)ccc1/C=N\NC(=O)c1ccc(O)c(Cl)c1. The van der Waals surface area contributed by atoms with Crippen LogP contribution in [0.4, 0.5) is 5.69 Å². The molecule has 1 heterocycles. The number of hydrogen-bond acceptors (Lipinski definition) is 6. The molecule has 2 N–H and O–H groups in total. The number of halogens is 3. The summed E-state index contributed by atoms with van der Waals surface area (Å²) < 4.78 is 5.97. The van der Waals surface area contributed by atoms with Crippen LogP contribution in [-0.4, -0.2) is 61.5 Å². The molecule has 0 aromatic heterocycles. The summed E-state index contributed by atoms with van der Waals surface area (Å²) in [6, 6.07) is 15.7. The Kier molecular flexibility index (Phi) is 9.16. The third kappa shape index (κ3) is 7.29. The number of benzene rings is 3. The number of nitrogens with zero attached hydrogens (tertiary/aromatic N) is 3. The second-order valence-corrected chi connectivity index (χ2v) is 9.88. The highest BCUT2D eigenvalue weighted by atomic mass is 35.5. The molecule has 0 aliphatic carbocycles. The molecule has 0 bridgehead atoms. The van der Waals surface area contributed by atoms with E-state index in [4.69, 9.17) is 39.5 Å². The summed E-state index contributed by atoms with van der Waals surface area (Å²) in [5.41, 5.74) is 5.68. The van der Waals surface area contributed by atoms with Crippen LogP contribution in [0.1, 0.15) is 21.5 Å². The molecule has 0 radical (unpaired) electrons. The van der Waals surface area contributed by atoms with Crippen molar-refractivity contribution >= 4 is 52.6 Å². The maximum atomic E-state index is 12.2. The summed E-state index contributed by atoms with van der Waals surface area (Å²) in [5, 5.41) is 14.7. The third-order valence-corrected chi connectivity index (χ3v) is 7.18. The molecule has 0 spiro atoms. The summed E-state index contributed by atoms with van der Waals surface area (Å²) in [6.45, 7) is 7.11. The Bertz CT molecular complexity index is 1290. The highest BCUT2D eigenvalue weighted by Gasteiger charge is 2.18. The lowest BCUT2D eigenvalue weighted by Gasteiger charge is -2.36. The van der Waals surface area contributed by atoms with E-state index < -0.39 is 5.91 Å². The van der Waals surface area contributed by atoms with Crippen LogP contribution in [0.25, 0.3) is 0 Å². The van der Waals surface area contributed by atoms with Crippen molar-refractivity contribution in [1.29, 1.82) is 0 Å². The summed E-state index contributed by atoms with van der Waals surface area (Å²) in [6.07, 6.45) is 1.58. The molecule has 3 aromatic rings. The maximum Gasteiger partial charge on any atom is 0.271 e. The van der Waals surface area contributed by atoms with Gasteiger partial charge in [-0.2, -0.15) is 5.10 Å². The van der Waals surface area contributed by atoms with Crippen LogP contribution in [0, 0.1) is 6.92 Å². The van der Waals surface area contributed by atoms with Gasteiger partial charge in [0.2, 0.25) is 0 Å². The molecule has 3 aromatic carbocycles. The molecule has 0 saturated carbocycles. The number of carbonyl (C=O) groups is 1. The van der Waals surface area contributed by atoms with Gasteiger partial charge in [-0.3, -0.25) is 9.69 Å². The number of nitrogens with one attached hydrogen (secondary N) is 1. The second kappa shape index (κ2) is 12.5. The minimum atomic E-state index is -0.423. The zero-order chi connectivity index (χ0) is 26.4. The average molecular weight is 562 g/mol. The van der Waals surface area contributed by atoms with Crippen molar-refractivity contribution in [2.45, 2.75) is 6.92 Å². The van der Waals surface area contributed by atoms with Gasteiger partial charge in [-0.1, -0.05) is 34.8 Å². The zero-order valence-electron chi connectivity index (χ0n) is 20.3. The maximum absolute atomic E-state index is 12.2. The summed E-state index contributed by atoms with van der Waals surface area (Å²) in [4.78, 5) is 16.9. The number of rotatable bonds is 8. The summed E-state index contributed by atoms with van der Waals surface area (Å²) in [5.74, 6) is 0.280. The molecule has 7 nitrogen and oxygen atoms in total. The monoisotopic (exact) mass is 560 g/mol. The first-order valence-electron chi connectivity index (χ1n) is 11.8. The molecular formula is C27H27Cl3N4O3. The number of phenols is 1. The van der Waals surface area contributed by atoms with Crippen LogP contribution in [0.2, 0.25) is 15.1 Å². The zero-order valence-corrected chi connectivity index (χ0v) is 22.5. The van der Waals surface area contributed by atoms with Crippen molar-refractivity contribution in [3.8, 4) is 11.5 Å². The molecule has 4 rings (SSSR count). The molecular weight excluding hydrogens is 535 g/mol. The molecule has 194 valence electrons. The molecule has 37 heavy (non-hydrogen) atoms. The Balaban J connectivity index is 1.21. The van der Waals surface area contributed by atoms with Gasteiger partial charge < -0.3 is 14.7 Å². The largest absolute Gasteiger partial charge is 0.506 e. The van der Waals surface area contributed by atoms with Crippen molar-refractivity contribution in [2.24, 2.45) is 5.10 Å². The predicted octanol–water partition coefficient (Wildman–Crippen LogP) is 5.63. The van der Waals surface area contributed by atoms with Crippen molar-refractivity contribution in [3.05, 3.63) is 86.4 Å². The van der Waals surface area contributed by atoms with Crippen molar-refractivity contribution in [3.63, 3.8) is 0 Å². The van der Waals surface area contributed by atoms with E-state index in [9.17, 15) is 9.90 Å². The summed E-state index contributed by atoms with van der Waals surface area (Å²) >= 11 is 18.0. The topological polar surface area (TPSA) is 77.4 Å². The lowest BCUT2D eigenvalue weighted by molar-refractivity contribution is 0.0955. The minimum Gasteiger partial charge on any atom is -0.506 e. The van der Waals surface area contributed by atoms with Gasteiger partial charge in [-0.15, -0.1) is 0 Å². The quantitative estimate of drug-likeness (QED) is 0.276. The van der Waals surface area contributed by atoms with E-state index in [1.165, 1.54) is 18.2 Å². The van der Waals surface area contributed by atoms with E-state index in [2.05, 4.69) is 20.3 Å². The fourth-order valence-corrected chi connectivity index (χ4v) is 4.43. The van der Waals surface area contributed by atoms with Gasteiger partial charge in [0, 0.05) is 44.0 Å². The number of aryl methyl sites for hydroxylation is 1. The second-order valence-electron chi connectivity index (χ2n) is 8.66. The molecule has 0 atom stereocenters. The summed E-state index contributed by atoms with van der Waals surface area (Å²) in [7, 11) is 0. The molecule has 0 unspecified atom stereocenters. The van der Waals surface area contributed by atoms with E-state index >= 15 is 0 Å². The first kappa shape index (κ1) is 27.1. The van der Waals surface area contributed by atoms with E-state index in [0.717, 1.165) is 55.3 Å². The number of amides is 1. The number of carbonyl (C=O) groups excluding carboxylic acids is 1. The van der Waals surface area contributed by atoms with Crippen molar-refractivity contribution in [2.75, 3.05) is 44.2 Å². The highest BCUT2D eigenvalue weighted by molar-refractivity contribution is 6.42. The van der Waals surface area contributed by atoms with Crippen LogP contribution in [0.15, 0.2) is 59.7 Å². The van der Waals surface area contributed by atoms with Crippen LogP contribution >= 0.6 is 34.8 Å². The molecule has 10 heteroatoms. The number of piperazine rings is 1. The Labute approximate surface area is 231 Å². The van der Waals surface area contributed by atoms with Crippen LogP contribution in [0.3, 0.4) is 0 Å². The molecule has 1 aliphatic heterocycles. The number of anilines is 1.